The molecule has 0 bridgehead atoms. The first-order chi connectivity index (χ1) is 7.04. The maximum atomic E-state index is 11.2. The van der Waals surface area contributed by atoms with Crippen molar-refractivity contribution in [1.82, 2.24) is 5.32 Å². The summed E-state index contributed by atoms with van der Waals surface area (Å²) in [6, 6.07) is 6.39. The molecular weight excluding hydrogens is 186 g/mol. The Balaban J connectivity index is 2.78. The lowest BCUT2D eigenvalue weighted by Crippen LogP contribution is -2.19. The zero-order chi connectivity index (χ0) is 11.4. The lowest BCUT2D eigenvalue weighted by atomic mass is 9.94. The average Bonchev–Trinajstić information content (AvgIpc) is 2.21. The Morgan fingerprint density at radius 2 is 2.00 bits per heavy atom. The van der Waals surface area contributed by atoms with Gasteiger partial charge in [-0.15, -0.1) is 0 Å². The molecule has 1 aromatic rings. The van der Waals surface area contributed by atoms with Gasteiger partial charge in [-0.05, 0) is 36.5 Å². The van der Waals surface area contributed by atoms with Crippen LogP contribution in [0.25, 0.3) is 0 Å². The number of nitrogens with one attached hydrogen (secondary N) is 1. The minimum Gasteiger partial charge on any atom is -0.359 e. The molecule has 1 rings (SSSR count). The Morgan fingerprint density at radius 1 is 1.33 bits per heavy atom. The fourth-order valence-corrected chi connectivity index (χ4v) is 1.57. The molecule has 0 saturated carbocycles. The predicted octanol–water partition coefficient (Wildman–Crippen LogP) is 2.54. The number of benzene rings is 1. The van der Waals surface area contributed by atoms with Crippen LogP contribution >= 0.6 is 0 Å². The van der Waals surface area contributed by atoms with E-state index in [0.717, 1.165) is 0 Å². The van der Waals surface area contributed by atoms with E-state index in [1.807, 2.05) is 0 Å². The molecule has 0 fully saturated rings. The van der Waals surface area contributed by atoms with Crippen LogP contribution in [0.1, 0.15) is 36.0 Å². The number of carbonyl (C=O) groups is 1. The number of amides is 1. The Labute approximate surface area is 91.7 Å². The molecule has 0 aliphatic rings. The first kappa shape index (κ1) is 11.8. The summed E-state index contributed by atoms with van der Waals surface area (Å²) in [6.07, 6.45) is 0.555. The van der Waals surface area contributed by atoms with Crippen molar-refractivity contribution in [2.24, 2.45) is 0 Å². The van der Waals surface area contributed by atoms with Gasteiger partial charge >= 0.3 is 0 Å². The third kappa shape index (κ3) is 3.08. The topological polar surface area (TPSA) is 29.1 Å². The molecule has 2 nitrogen and oxygen atoms in total. The van der Waals surface area contributed by atoms with Gasteiger partial charge in [0.1, 0.15) is 0 Å². The van der Waals surface area contributed by atoms with Crippen molar-refractivity contribution in [1.29, 1.82) is 0 Å². The average molecular weight is 205 g/mol. The van der Waals surface area contributed by atoms with Gasteiger partial charge in [0, 0.05) is 13.5 Å². The van der Waals surface area contributed by atoms with Gasteiger partial charge in [0.2, 0.25) is 5.91 Å². The van der Waals surface area contributed by atoms with Crippen LogP contribution in [0.3, 0.4) is 0 Å². The summed E-state index contributed by atoms with van der Waals surface area (Å²) in [5, 5.41) is 2.65. The molecule has 0 aliphatic carbocycles. The van der Waals surface area contributed by atoms with Gasteiger partial charge < -0.3 is 5.32 Å². The number of hydrogen-bond acceptors (Lipinski definition) is 1. The van der Waals surface area contributed by atoms with E-state index in [1.165, 1.54) is 16.7 Å². The van der Waals surface area contributed by atoms with Crippen molar-refractivity contribution >= 4 is 5.91 Å². The Kier molecular flexibility index (Phi) is 3.89. The molecule has 1 atom stereocenters. The first-order valence-corrected chi connectivity index (χ1v) is 5.32. The Bertz CT molecular complexity index is 358. The molecule has 1 amide bonds. The lowest BCUT2D eigenvalue weighted by molar-refractivity contribution is -0.120. The van der Waals surface area contributed by atoms with Crippen LogP contribution < -0.4 is 5.32 Å². The molecule has 1 N–H and O–H groups in total. The summed E-state index contributed by atoms with van der Waals surface area (Å²) in [5.41, 5.74) is 3.82. The van der Waals surface area contributed by atoms with Crippen LogP contribution in [0.4, 0.5) is 0 Å². The van der Waals surface area contributed by atoms with E-state index in [4.69, 9.17) is 0 Å². The second kappa shape index (κ2) is 4.96. The van der Waals surface area contributed by atoms with Crippen molar-refractivity contribution < 1.29 is 4.79 Å². The molecule has 0 radical (unpaired) electrons. The summed E-state index contributed by atoms with van der Waals surface area (Å²) in [6.45, 7) is 6.29. The monoisotopic (exact) mass is 205 g/mol. The molecule has 82 valence electrons. The van der Waals surface area contributed by atoms with Crippen molar-refractivity contribution in [3.05, 3.63) is 34.9 Å². The van der Waals surface area contributed by atoms with Gasteiger partial charge in [-0.3, -0.25) is 4.79 Å². The van der Waals surface area contributed by atoms with Crippen LogP contribution in [0.15, 0.2) is 18.2 Å². The van der Waals surface area contributed by atoms with E-state index >= 15 is 0 Å². The SMILES string of the molecule is CNC(=O)CC(C)c1ccc(C)c(C)c1. The van der Waals surface area contributed by atoms with Gasteiger partial charge in [-0.25, -0.2) is 0 Å². The summed E-state index contributed by atoms with van der Waals surface area (Å²) in [4.78, 5) is 11.2. The molecule has 0 heterocycles. The van der Waals surface area contributed by atoms with E-state index in [9.17, 15) is 4.79 Å². The standard InChI is InChI=1S/C13H19NO/c1-9-5-6-12(7-10(9)2)11(3)8-13(15)14-4/h5-7,11H,8H2,1-4H3,(H,14,15). The van der Waals surface area contributed by atoms with E-state index in [2.05, 4.69) is 44.3 Å². The summed E-state index contributed by atoms with van der Waals surface area (Å²) in [5.74, 6) is 0.380. The number of carbonyl (C=O) groups excluding carboxylic acids is 1. The normalized spacial score (nSPS) is 12.3. The van der Waals surface area contributed by atoms with Gasteiger partial charge in [0.15, 0.2) is 0 Å². The zero-order valence-electron chi connectivity index (χ0n) is 9.92. The Hall–Kier alpha value is -1.31. The molecule has 1 unspecified atom stereocenters. The van der Waals surface area contributed by atoms with Crippen LogP contribution in [-0.4, -0.2) is 13.0 Å². The van der Waals surface area contributed by atoms with Gasteiger partial charge in [-0.2, -0.15) is 0 Å². The van der Waals surface area contributed by atoms with Crippen LogP contribution in [-0.2, 0) is 4.79 Å². The van der Waals surface area contributed by atoms with E-state index in [-0.39, 0.29) is 11.8 Å². The second-order valence-corrected chi connectivity index (χ2v) is 4.12. The van der Waals surface area contributed by atoms with E-state index < -0.39 is 0 Å². The van der Waals surface area contributed by atoms with E-state index in [1.54, 1.807) is 7.05 Å². The molecule has 0 spiro atoms. The lowest BCUT2D eigenvalue weighted by Gasteiger charge is -2.12. The zero-order valence-corrected chi connectivity index (χ0v) is 9.92. The molecular formula is C13H19NO. The highest BCUT2D eigenvalue weighted by atomic mass is 16.1. The summed E-state index contributed by atoms with van der Waals surface area (Å²) < 4.78 is 0. The van der Waals surface area contributed by atoms with Crippen LogP contribution in [0.2, 0.25) is 0 Å². The summed E-state index contributed by atoms with van der Waals surface area (Å²) in [7, 11) is 1.68. The maximum absolute atomic E-state index is 11.2. The third-order valence-corrected chi connectivity index (χ3v) is 2.87. The largest absolute Gasteiger partial charge is 0.359 e. The quantitative estimate of drug-likeness (QED) is 0.807. The second-order valence-electron chi connectivity index (χ2n) is 4.12. The minimum absolute atomic E-state index is 0.0979. The molecule has 0 aliphatic heterocycles. The number of hydrogen-bond donors (Lipinski definition) is 1. The highest BCUT2D eigenvalue weighted by molar-refractivity contribution is 5.76. The Morgan fingerprint density at radius 3 is 2.53 bits per heavy atom. The van der Waals surface area contributed by atoms with Gasteiger partial charge in [0.25, 0.3) is 0 Å². The maximum Gasteiger partial charge on any atom is 0.220 e. The highest BCUT2D eigenvalue weighted by Gasteiger charge is 2.10. The third-order valence-electron chi connectivity index (χ3n) is 2.87. The van der Waals surface area contributed by atoms with Gasteiger partial charge in [-0.1, -0.05) is 25.1 Å². The van der Waals surface area contributed by atoms with Crippen molar-refractivity contribution in [3.8, 4) is 0 Å². The fraction of sp³-hybridized carbons (Fsp3) is 0.462. The number of aryl methyl sites for hydroxylation is 2. The van der Waals surface area contributed by atoms with E-state index in [0.29, 0.717) is 6.42 Å². The van der Waals surface area contributed by atoms with Crippen molar-refractivity contribution in [3.63, 3.8) is 0 Å². The molecule has 0 aromatic heterocycles. The predicted molar refractivity (Wildman–Crippen MR) is 63.0 cm³/mol. The molecule has 1 aromatic carbocycles. The van der Waals surface area contributed by atoms with Crippen molar-refractivity contribution in [2.75, 3.05) is 7.05 Å². The molecule has 15 heavy (non-hydrogen) atoms. The minimum atomic E-state index is 0.0979. The number of rotatable bonds is 3. The van der Waals surface area contributed by atoms with Crippen LogP contribution in [0.5, 0.6) is 0 Å². The smallest absolute Gasteiger partial charge is 0.220 e. The first-order valence-electron chi connectivity index (χ1n) is 5.32. The summed E-state index contributed by atoms with van der Waals surface area (Å²) >= 11 is 0. The fourth-order valence-electron chi connectivity index (χ4n) is 1.57. The highest BCUT2D eigenvalue weighted by Crippen LogP contribution is 2.21. The van der Waals surface area contributed by atoms with Crippen LogP contribution in [0, 0.1) is 13.8 Å². The van der Waals surface area contributed by atoms with Crippen molar-refractivity contribution in [2.45, 2.75) is 33.1 Å². The molecule has 0 saturated heterocycles. The molecule has 2 heteroatoms. The van der Waals surface area contributed by atoms with Gasteiger partial charge in [0.05, 0.1) is 0 Å².